The number of hydrogen-bond acceptors (Lipinski definition) is 6. The number of hydrogen-bond donors (Lipinski definition) is 2. The molecule has 1 aromatic carbocycles. The molecule has 2 N–H and O–H groups in total. The van der Waals surface area contributed by atoms with E-state index in [1.807, 2.05) is 29.2 Å². The third-order valence-electron chi connectivity index (χ3n) is 6.50. The van der Waals surface area contributed by atoms with E-state index < -0.39 is 0 Å². The van der Waals surface area contributed by atoms with E-state index in [0.29, 0.717) is 30.7 Å². The van der Waals surface area contributed by atoms with Crippen LogP contribution in [0.15, 0.2) is 30.6 Å². The quantitative estimate of drug-likeness (QED) is 0.665. The molecular weight excluding hydrogens is 426 g/mol. The third kappa shape index (κ3) is 4.90. The number of halogens is 1. The third-order valence-corrected chi connectivity index (χ3v) is 6.75. The lowest BCUT2D eigenvalue weighted by Gasteiger charge is -2.38. The molecular formula is C24H32ClN5O2. The van der Waals surface area contributed by atoms with Crippen molar-refractivity contribution in [3.63, 3.8) is 0 Å². The average Bonchev–Trinajstić information content (AvgIpc) is 3.23. The van der Waals surface area contributed by atoms with E-state index in [4.69, 9.17) is 11.6 Å². The fourth-order valence-electron chi connectivity index (χ4n) is 4.68. The van der Waals surface area contributed by atoms with Crippen molar-refractivity contribution in [3.8, 4) is 0 Å². The minimum absolute atomic E-state index is 0.109. The van der Waals surface area contributed by atoms with Crippen molar-refractivity contribution in [2.75, 3.05) is 44.2 Å². The van der Waals surface area contributed by atoms with Gasteiger partial charge in [0.2, 0.25) is 5.91 Å². The second kappa shape index (κ2) is 10.1. The average molecular weight is 458 g/mol. The largest absolute Gasteiger partial charge is 0.396 e. The highest BCUT2D eigenvalue weighted by molar-refractivity contribution is 6.30. The Labute approximate surface area is 194 Å². The lowest BCUT2D eigenvalue weighted by atomic mass is 9.96. The van der Waals surface area contributed by atoms with Crippen LogP contribution in [0, 0.1) is 0 Å². The number of piperazine rings is 1. The maximum absolute atomic E-state index is 13.5. The van der Waals surface area contributed by atoms with Gasteiger partial charge in [0, 0.05) is 61.0 Å². The van der Waals surface area contributed by atoms with Gasteiger partial charge >= 0.3 is 0 Å². The topological polar surface area (TPSA) is 81.6 Å². The van der Waals surface area contributed by atoms with E-state index in [0.717, 1.165) is 48.6 Å². The van der Waals surface area contributed by atoms with Gasteiger partial charge < -0.3 is 20.2 Å². The number of amides is 1. The maximum Gasteiger partial charge on any atom is 0.231 e. The van der Waals surface area contributed by atoms with Crippen LogP contribution in [-0.2, 0) is 11.2 Å². The smallest absolute Gasteiger partial charge is 0.231 e. The summed E-state index contributed by atoms with van der Waals surface area (Å²) >= 11 is 6.06. The summed E-state index contributed by atoms with van der Waals surface area (Å²) in [5, 5.41) is 13.9. The number of anilines is 1. The standard InChI is InChI=1S/C24H32ClN5O2/c1-16(2)26-13-20(17-3-6-19(25)7-4-17)24(32)30-11-9-29(10-12-30)23-22-18(14-31)5-8-21(22)27-15-28-23/h3-4,6-7,15-16,18,20,26,31H,5,8-14H2,1-2H3. The Hall–Kier alpha value is -2.22. The molecule has 1 saturated heterocycles. The zero-order valence-corrected chi connectivity index (χ0v) is 19.6. The molecule has 1 aromatic heterocycles. The molecule has 1 aliphatic heterocycles. The number of nitrogens with one attached hydrogen (secondary N) is 1. The zero-order valence-electron chi connectivity index (χ0n) is 18.8. The van der Waals surface area contributed by atoms with Crippen molar-refractivity contribution in [2.24, 2.45) is 0 Å². The second-order valence-electron chi connectivity index (χ2n) is 8.96. The summed E-state index contributed by atoms with van der Waals surface area (Å²) in [4.78, 5) is 26.7. The molecule has 172 valence electrons. The van der Waals surface area contributed by atoms with E-state index in [2.05, 4.69) is 34.0 Å². The van der Waals surface area contributed by atoms with Gasteiger partial charge in [0.15, 0.2) is 0 Å². The van der Waals surface area contributed by atoms with Gasteiger partial charge in [-0.15, -0.1) is 0 Å². The van der Waals surface area contributed by atoms with Gasteiger partial charge in [-0.25, -0.2) is 9.97 Å². The fraction of sp³-hybridized carbons (Fsp3) is 0.542. The molecule has 0 bridgehead atoms. The molecule has 32 heavy (non-hydrogen) atoms. The molecule has 1 fully saturated rings. The second-order valence-corrected chi connectivity index (χ2v) is 9.39. The molecule has 2 aliphatic rings. The summed E-state index contributed by atoms with van der Waals surface area (Å²) in [7, 11) is 0. The number of aromatic nitrogens is 2. The number of benzene rings is 1. The van der Waals surface area contributed by atoms with Crippen LogP contribution < -0.4 is 10.2 Å². The van der Waals surface area contributed by atoms with Gasteiger partial charge in [0.25, 0.3) is 0 Å². The number of fused-ring (bicyclic) bond motifs is 1. The summed E-state index contributed by atoms with van der Waals surface area (Å²) in [5.74, 6) is 0.927. The first kappa shape index (κ1) is 23.0. The van der Waals surface area contributed by atoms with E-state index >= 15 is 0 Å². The Morgan fingerprint density at radius 2 is 1.91 bits per heavy atom. The number of carbonyl (C=O) groups excluding carboxylic acids is 1. The highest BCUT2D eigenvalue weighted by Crippen LogP contribution is 2.37. The predicted octanol–water partition coefficient (Wildman–Crippen LogP) is 2.58. The van der Waals surface area contributed by atoms with Crippen molar-refractivity contribution in [3.05, 3.63) is 52.4 Å². The predicted molar refractivity (Wildman–Crippen MR) is 126 cm³/mol. The van der Waals surface area contributed by atoms with Crippen LogP contribution in [0.25, 0.3) is 0 Å². The summed E-state index contributed by atoms with van der Waals surface area (Å²) in [5.41, 5.74) is 3.12. The van der Waals surface area contributed by atoms with Gasteiger partial charge in [-0.3, -0.25) is 4.79 Å². The Morgan fingerprint density at radius 3 is 2.56 bits per heavy atom. The van der Waals surface area contributed by atoms with Crippen LogP contribution in [-0.4, -0.2) is 71.3 Å². The van der Waals surface area contributed by atoms with E-state index in [1.165, 1.54) is 0 Å². The SMILES string of the molecule is CC(C)NCC(C(=O)N1CCN(c2ncnc3c2C(CO)CC3)CC1)c1ccc(Cl)cc1. The van der Waals surface area contributed by atoms with Crippen molar-refractivity contribution in [1.29, 1.82) is 0 Å². The normalized spacial score (nSPS) is 19.3. The number of carbonyl (C=O) groups is 1. The molecule has 2 unspecified atom stereocenters. The molecule has 8 heteroatoms. The molecule has 1 aliphatic carbocycles. The highest BCUT2D eigenvalue weighted by Gasteiger charge is 2.33. The molecule has 4 rings (SSSR count). The zero-order chi connectivity index (χ0) is 22.7. The molecule has 2 aromatic rings. The summed E-state index contributed by atoms with van der Waals surface area (Å²) in [6, 6.07) is 7.88. The highest BCUT2D eigenvalue weighted by atomic mass is 35.5. The monoisotopic (exact) mass is 457 g/mol. The van der Waals surface area contributed by atoms with E-state index in [9.17, 15) is 9.90 Å². The molecule has 2 heterocycles. The van der Waals surface area contributed by atoms with Gasteiger partial charge in [0.1, 0.15) is 12.1 Å². The van der Waals surface area contributed by atoms with Crippen LogP contribution >= 0.6 is 11.6 Å². The van der Waals surface area contributed by atoms with Crippen LogP contribution in [0.3, 0.4) is 0 Å². The molecule has 1 amide bonds. The minimum Gasteiger partial charge on any atom is -0.396 e. The molecule has 0 radical (unpaired) electrons. The first-order valence-electron chi connectivity index (χ1n) is 11.4. The maximum atomic E-state index is 13.5. The number of nitrogens with zero attached hydrogens (tertiary/aromatic N) is 4. The number of rotatable bonds is 7. The van der Waals surface area contributed by atoms with Crippen LogP contribution in [0.2, 0.25) is 5.02 Å². The van der Waals surface area contributed by atoms with Crippen LogP contribution in [0.5, 0.6) is 0 Å². The van der Waals surface area contributed by atoms with E-state index in [-0.39, 0.29) is 24.3 Å². The number of aliphatic hydroxyl groups excluding tert-OH is 1. The van der Waals surface area contributed by atoms with Crippen molar-refractivity contribution in [2.45, 2.75) is 44.6 Å². The Morgan fingerprint density at radius 1 is 1.19 bits per heavy atom. The van der Waals surface area contributed by atoms with Crippen LogP contribution in [0.4, 0.5) is 5.82 Å². The van der Waals surface area contributed by atoms with Crippen molar-refractivity contribution < 1.29 is 9.90 Å². The number of aryl methyl sites for hydroxylation is 1. The number of aliphatic hydroxyl groups is 1. The summed E-state index contributed by atoms with van der Waals surface area (Å²) in [6.07, 6.45) is 3.43. The van der Waals surface area contributed by atoms with Gasteiger partial charge in [-0.05, 0) is 30.5 Å². The fourth-order valence-corrected chi connectivity index (χ4v) is 4.81. The Balaban J connectivity index is 1.46. The summed E-state index contributed by atoms with van der Waals surface area (Å²) in [6.45, 7) is 7.62. The molecule has 2 atom stereocenters. The van der Waals surface area contributed by atoms with Crippen molar-refractivity contribution >= 4 is 23.3 Å². The van der Waals surface area contributed by atoms with Gasteiger partial charge in [-0.1, -0.05) is 37.6 Å². The Kier molecular flexibility index (Phi) is 7.28. The molecule has 0 saturated carbocycles. The minimum atomic E-state index is -0.247. The van der Waals surface area contributed by atoms with Crippen LogP contribution in [0.1, 0.15) is 48.9 Å². The lowest BCUT2D eigenvalue weighted by molar-refractivity contribution is -0.133. The lowest BCUT2D eigenvalue weighted by Crippen LogP contribution is -2.51. The van der Waals surface area contributed by atoms with E-state index in [1.54, 1.807) is 6.33 Å². The van der Waals surface area contributed by atoms with Gasteiger partial charge in [-0.2, -0.15) is 0 Å². The van der Waals surface area contributed by atoms with Gasteiger partial charge in [0.05, 0.1) is 12.5 Å². The Bertz CT molecular complexity index is 928. The van der Waals surface area contributed by atoms with Crippen molar-refractivity contribution in [1.82, 2.24) is 20.2 Å². The molecule has 0 spiro atoms. The first-order valence-corrected chi connectivity index (χ1v) is 11.8. The first-order chi connectivity index (χ1) is 15.5. The molecule has 7 nitrogen and oxygen atoms in total. The summed E-state index contributed by atoms with van der Waals surface area (Å²) < 4.78 is 0.